The molecule has 1 aromatic rings. The molecule has 1 aromatic heterocycles. The SMILES string of the molecule is CC(=O)O[C@H]1C[C@@H](OC(C)=O)[C@@]2(C)CO[C@@H]3[C@@H](O)[C@@]4(C)C5=CC[C@@H](c6ccoc6)[C@]5(C)CC[C@@H]4[C@]1(C)[C@@H]32. The first-order chi connectivity index (χ1) is 17.4. The number of ether oxygens (including phenoxy) is 3. The molecule has 37 heavy (non-hydrogen) atoms. The maximum atomic E-state index is 12.4. The van der Waals surface area contributed by atoms with Crippen molar-refractivity contribution in [1.82, 2.24) is 0 Å². The molecule has 3 saturated carbocycles. The molecule has 7 heteroatoms. The van der Waals surface area contributed by atoms with Gasteiger partial charge in [0.15, 0.2) is 0 Å². The summed E-state index contributed by atoms with van der Waals surface area (Å²) in [6.07, 6.45) is 7.14. The molecule has 6 rings (SSSR count). The third-order valence-corrected chi connectivity index (χ3v) is 11.6. The smallest absolute Gasteiger partial charge is 0.302 e. The fourth-order valence-electron chi connectivity index (χ4n) is 10.2. The Bertz CT molecular complexity index is 1140. The second kappa shape index (κ2) is 7.95. The van der Waals surface area contributed by atoms with Crippen LogP contribution >= 0.6 is 0 Å². The lowest BCUT2D eigenvalue weighted by Gasteiger charge is -2.69. The molecule has 1 aliphatic heterocycles. The summed E-state index contributed by atoms with van der Waals surface area (Å²) in [6.45, 7) is 12.2. The molecule has 0 spiro atoms. The van der Waals surface area contributed by atoms with Crippen molar-refractivity contribution in [3.05, 3.63) is 35.8 Å². The van der Waals surface area contributed by atoms with Crippen LogP contribution in [0.3, 0.4) is 0 Å². The Morgan fingerprint density at radius 1 is 1.08 bits per heavy atom. The summed E-state index contributed by atoms with van der Waals surface area (Å²) >= 11 is 0. The predicted octanol–water partition coefficient (Wildman–Crippen LogP) is 4.79. The number of carbonyl (C=O) groups is 2. The van der Waals surface area contributed by atoms with E-state index in [0.29, 0.717) is 18.9 Å². The Hall–Kier alpha value is -2.12. The van der Waals surface area contributed by atoms with Gasteiger partial charge in [-0.1, -0.05) is 39.3 Å². The summed E-state index contributed by atoms with van der Waals surface area (Å²) in [5.41, 5.74) is 0.924. The second-order valence-corrected chi connectivity index (χ2v) is 13.3. The van der Waals surface area contributed by atoms with Gasteiger partial charge in [0.25, 0.3) is 0 Å². The Kier molecular flexibility index (Phi) is 5.41. The van der Waals surface area contributed by atoms with Gasteiger partial charge in [0.05, 0.1) is 31.3 Å². The topological polar surface area (TPSA) is 95.2 Å². The van der Waals surface area contributed by atoms with Crippen LogP contribution in [0.5, 0.6) is 0 Å². The van der Waals surface area contributed by atoms with Gasteiger partial charge in [-0.25, -0.2) is 0 Å². The highest BCUT2D eigenvalue weighted by Gasteiger charge is 2.77. The first-order valence-corrected chi connectivity index (χ1v) is 13.8. The van der Waals surface area contributed by atoms with Crippen LogP contribution in [-0.2, 0) is 23.8 Å². The van der Waals surface area contributed by atoms with Gasteiger partial charge in [-0.2, -0.15) is 0 Å². The third kappa shape index (κ3) is 3.07. The van der Waals surface area contributed by atoms with Crippen LogP contribution in [0.15, 0.2) is 34.7 Å². The number of carbonyl (C=O) groups excluding carboxylic acids is 2. The molecule has 11 atom stereocenters. The molecule has 4 aliphatic carbocycles. The van der Waals surface area contributed by atoms with E-state index in [4.69, 9.17) is 18.6 Å². The normalized spacial score (nSPS) is 49.9. The number of aliphatic hydroxyl groups is 1. The number of furan rings is 1. The van der Waals surface area contributed by atoms with Gasteiger partial charge in [-0.05, 0) is 48.1 Å². The van der Waals surface area contributed by atoms with Crippen LogP contribution < -0.4 is 0 Å². The average molecular weight is 513 g/mol. The molecule has 2 heterocycles. The second-order valence-electron chi connectivity index (χ2n) is 13.3. The molecule has 0 aromatic carbocycles. The lowest BCUT2D eigenvalue weighted by molar-refractivity contribution is -0.262. The average Bonchev–Trinajstić information content (AvgIpc) is 3.53. The van der Waals surface area contributed by atoms with Crippen molar-refractivity contribution in [3.63, 3.8) is 0 Å². The zero-order chi connectivity index (χ0) is 26.5. The van der Waals surface area contributed by atoms with Crippen LogP contribution in [0.25, 0.3) is 0 Å². The number of aliphatic hydroxyl groups excluding tert-OH is 1. The standard InChI is InChI=1S/C30H40O7/c1-16(31)36-22-13-23(37-17(2)32)30(6)21-9-11-27(3)19(18-10-12-34-14-18)7-8-20(27)29(21,5)26(33)24-25(30)28(22,4)15-35-24/h8,10,12,14,19,21-26,33H,7,9,11,13,15H2,1-6H3/t19-,21-,22+,23-,24-,25-,26+,27-,28+,29-,30-/m0/s1. The van der Waals surface area contributed by atoms with Crippen LogP contribution in [0.1, 0.15) is 78.7 Å². The molecule has 0 radical (unpaired) electrons. The van der Waals surface area contributed by atoms with E-state index >= 15 is 0 Å². The molecule has 0 amide bonds. The first kappa shape index (κ1) is 25.2. The van der Waals surface area contributed by atoms with Crippen molar-refractivity contribution >= 4 is 11.9 Å². The zero-order valence-electron chi connectivity index (χ0n) is 22.8. The predicted molar refractivity (Wildman–Crippen MR) is 134 cm³/mol. The van der Waals surface area contributed by atoms with Gasteiger partial charge < -0.3 is 23.7 Å². The molecule has 0 unspecified atom stereocenters. The van der Waals surface area contributed by atoms with Crippen molar-refractivity contribution in [1.29, 1.82) is 0 Å². The Balaban J connectivity index is 1.48. The van der Waals surface area contributed by atoms with Crippen molar-refractivity contribution in [2.75, 3.05) is 6.61 Å². The molecule has 4 fully saturated rings. The van der Waals surface area contributed by atoms with E-state index < -0.39 is 40.7 Å². The number of hydrogen-bond donors (Lipinski definition) is 1. The summed E-state index contributed by atoms with van der Waals surface area (Å²) in [6, 6.07) is 2.06. The van der Waals surface area contributed by atoms with Crippen molar-refractivity contribution in [2.45, 2.75) is 97.6 Å². The molecular weight excluding hydrogens is 472 g/mol. The monoisotopic (exact) mass is 512 g/mol. The molecule has 5 aliphatic rings. The number of allylic oxidation sites excluding steroid dienone is 1. The van der Waals surface area contributed by atoms with E-state index in [1.807, 2.05) is 6.26 Å². The fraction of sp³-hybridized carbons (Fsp3) is 0.733. The van der Waals surface area contributed by atoms with Crippen LogP contribution in [0.4, 0.5) is 0 Å². The first-order valence-electron chi connectivity index (χ1n) is 13.8. The van der Waals surface area contributed by atoms with Gasteiger partial charge in [0.1, 0.15) is 12.2 Å². The summed E-state index contributed by atoms with van der Waals surface area (Å²) < 4.78 is 23.9. The highest BCUT2D eigenvalue weighted by molar-refractivity contribution is 5.67. The molecular formula is C30H40O7. The maximum absolute atomic E-state index is 12.4. The minimum atomic E-state index is -0.722. The lowest BCUT2D eigenvalue weighted by atomic mass is 9.36. The zero-order valence-corrected chi connectivity index (χ0v) is 22.8. The third-order valence-electron chi connectivity index (χ3n) is 11.6. The van der Waals surface area contributed by atoms with Gasteiger partial charge in [-0.15, -0.1) is 0 Å². The van der Waals surface area contributed by atoms with E-state index in [1.54, 1.807) is 6.26 Å². The summed E-state index contributed by atoms with van der Waals surface area (Å²) in [5.74, 6) is -0.430. The quantitative estimate of drug-likeness (QED) is 0.460. The van der Waals surface area contributed by atoms with Gasteiger partial charge in [0, 0.05) is 42.4 Å². The number of fused-ring (bicyclic) bond motifs is 4. The van der Waals surface area contributed by atoms with Gasteiger partial charge >= 0.3 is 11.9 Å². The van der Waals surface area contributed by atoms with Gasteiger partial charge in [0.2, 0.25) is 0 Å². The largest absolute Gasteiger partial charge is 0.472 e. The van der Waals surface area contributed by atoms with Crippen LogP contribution in [0.2, 0.25) is 0 Å². The van der Waals surface area contributed by atoms with E-state index in [1.165, 1.54) is 25.0 Å². The van der Waals surface area contributed by atoms with E-state index in [0.717, 1.165) is 19.3 Å². The lowest BCUT2D eigenvalue weighted by Crippen LogP contribution is -2.73. The Labute approximate surface area is 218 Å². The number of hydrogen-bond acceptors (Lipinski definition) is 7. The molecule has 202 valence electrons. The van der Waals surface area contributed by atoms with Crippen molar-refractivity contribution in [3.8, 4) is 0 Å². The van der Waals surface area contributed by atoms with E-state index in [9.17, 15) is 14.7 Å². The molecule has 0 bridgehead atoms. The summed E-state index contributed by atoms with van der Waals surface area (Å²) in [4.78, 5) is 24.5. The summed E-state index contributed by atoms with van der Waals surface area (Å²) in [5, 5.41) is 12.2. The van der Waals surface area contributed by atoms with Gasteiger partial charge in [-0.3, -0.25) is 9.59 Å². The van der Waals surface area contributed by atoms with Crippen LogP contribution in [0, 0.1) is 33.5 Å². The maximum Gasteiger partial charge on any atom is 0.302 e. The van der Waals surface area contributed by atoms with Crippen molar-refractivity contribution in [2.24, 2.45) is 33.5 Å². The van der Waals surface area contributed by atoms with E-state index in [2.05, 4.69) is 39.8 Å². The van der Waals surface area contributed by atoms with Crippen molar-refractivity contribution < 1.29 is 33.3 Å². The highest BCUT2D eigenvalue weighted by Crippen LogP contribution is 2.75. The Morgan fingerprint density at radius 3 is 2.43 bits per heavy atom. The number of rotatable bonds is 3. The highest BCUT2D eigenvalue weighted by atomic mass is 16.6. The van der Waals surface area contributed by atoms with E-state index in [-0.39, 0.29) is 29.2 Å². The van der Waals surface area contributed by atoms with Crippen LogP contribution in [-0.4, -0.2) is 48.1 Å². The molecule has 7 nitrogen and oxygen atoms in total. The minimum absolute atomic E-state index is 0.0716. The fourth-order valence-corrected chi connectivity index (χ4v) is 10.2. The molecule has 1 N–H and O–H groups in total. The molecule has 1 saturated heterocycles. The minimum Gasteiger partial charge on any atom is -0.472 e. The Morgan fingerprint density at radius 2 is 1.78 bits per heavy atom. The number of esters is 2. The summed E-state index contributed by atoms with van der Waals surface area (Å²) in [7, 11) is 0.